The summed E-state index contributed by atoms with van der Waals surface area (Å²) >= 11 is 1.59. The van der Waals surface area contributed by atoms with Crippen LogP contribution in [0.3, 0.4) is 0 Å². The van der Waals surface area contributed by atoms with Crippen LogP contribution in [0.15, 0.2) is 28.1 Å². The lowest BCUT2D eigenvalue weighted by molar-refractivity contribution is 0.194. The van der Waals surface area contributed by atoms with Crippen molar-refractivity contribution in [2.24, 2.45) is 0 Å². The second-order valence-electron chi connectivity index (χ2n) is 4.52. The van der Waals surface area contributed by atoms with Gasteiger partial charge < -0.3 is 9.52 Å². The van der Waals surface area contributed by atoms with E-state index in [0.717, 1.165) is 16.3 Å². The third-order valence-electron chi connectivity index (χ3n) is 2.92. The standard InChI is InChI=1S/C13H14N4O2S/c1-8(18)10-6-17(16-15-10)7-11-9(2)19-13(14-11)12-4-3-5-20-12/h3-6,8,18H,7H2,1-2H3. The van der Waals surface area contributed by atoms with Crippen molar-refractivity contribution < 1.29 is 9.52 Å². The third kappa shape index (κ3) is 2.50. The minimum absolute atomic E-state index is 0.473. The summed E-state index contributed by atoms with van der Waals surface area (Å²) in [5.41, 5.74) is 1.36. The summed E-state index contributed by atoms with van der Waals surface area (Å²) in [5.74, 6) is 1.39. The van der Waals surface area contributed by atoms with Gasteiger partial charge in [0.1, 0.15) is 17.1 Å². The van der Waals surface area contributed by atoms with Crippen molar-refractivity contribution in [3.05, 3.63) is 40.9 Å². The van der Waals surface area contributed by atoms with Crippen LogP contribution >= 0.6 is 11.3 Å². The zero-order valence-corrected chi connectivity index (χ0v) is 12.0. The largest absolute Gasteiger partial charge is 0.440 e. The molecule has 0 saturated heterocycles. The molecule has 0 aromatic carbocycles. The minimum Gasteiger partial charge on any atom is -0.440 e. The predicted molar refractivity (Wildman–Crippen MR) is 74.3 cm³/mol. The van der Waals surface area contributed by atoms with Crippen molar-refractivity contribution in [1.29, 1.82) is 0 Å². The second-order valence-corrected chi connectivity index (χ2v) is 5.46. The van der Waals surface area contributed by atoms with Gasteiger partial charge in [0, 0.05) is 0 Å². The molecule has 7 heteroatoms. The number of aliphatic hydroxyl groups excluding tert-OH is 1. The van der Waals surface area contributed by atoms with E-state index in [-0.39, 0.29) is 0 Å². The Morgan fingerprint density at radius 2 is 2.35 bits per heavy atom. The maximum Gasteiger partial charge on any atom is 0.236 e. The fourth-order valence-electron chi connectivity index (χ4n) is 1.82. The number of aryl methyl sites for hydroxylation is 1. The Balaban J connectivity index is 1.83. The highest BCUT2D eigenvalue weighted by Crippen LogP contribution is 2.26. The van der Waals surface area contributed by atoms with Crippen LogP contribution in [0, 0.1) is 6.92 Å². The fraction of sp³-hybridized carbons (Fsp3) is 0.308. The fourth-order valence-corrected chi connectivity index (χ4v) is 2.46. The van der Waals surface area contributed by atoms with Gasteiger partial charge in [-0.2, -0.15) is 0 Å². The number of nitrogens with zero attached hydrogens (tertiary/aromatic N) is 4. The number of hydrogen-bond acceptors (Lipinski definition) is 6. The van der Waals surface area contributed by atoms with Crippen LogP contribution in [0.1, 0.15) is 30.2 Å². The molecule has 0 radical (unpaired) electrons. The van der Waals surface area contributed by atoms with Crippen LogP contribution in [0.4, 0.5) is 0 Å². The molecule has 0 bridgehead atoms. The molecule has 0 aliphatic rings. The molecule has 1 unspecified atom stereocenters. The molecular formula is C13H14N4O2S. The summed E-state index contributed by atoms with van der Waals surface area (Å²) in [6, 6.07) is 3.94. The van der Waals surface area contributed by atoms with Crippen LogP contribution in [0.2, 0.25) is 0 Å². The van der Waals surface area contributed by atoms with E-state index in [1.807, 2.05) is 24.4 Å². The summed E-state index contributed by atoms with van der Waals surface area (Å²) in [4.78, 5) is 5.50. The van der Waals surface area contributed by atoms with E-state index in [1.165, 1.54) is 0 Å². The molecule has 3 aromatic heterocycles. The van der Waals surface area contributed by atoms with E-state index in [9.17, 15) is 5.11 Å². The topological polar surface area (TPSA) is 77.0 Å². The molecule has 3 aromatic rings. The van der Waals surface area contributed by atoms with Crippen molar-refractivity contribution in [2.75, 3.05) is 0 Å². The lowest BCUT2D eigenvalue weighted by Crippen LogP contribution is -2.02. The number of oxazole rings is 1. The Morgan fingerprint density at radius 1 is 1.50 bits per heavy atom. The normalized spacial score (nSPS) is 12.8. The molecule has 0 aliphatic carbocycles. The van der Waals surface area contributed by atoms with E-state index < -0.39 is 6.10 Å². The highest BCUT2D eigenvalue weighted by molar-refractivity contribution is 7.13. The molecule has 0 amide bonds. The van der Waals surface area contributed by atoms with Crippen molar-refractivity contribution >= 4 is 11.3 Å². The number of aromatic nitrogens is 4. The van der Waals surface area contributed by atoms with Crippen molar-refractivity contribution in [2.45, 2.75) is 26.5 Å². The SMILES string of the molecule is Cc1oc(-c2cccs2)nc1Cn1cc(C(C)O)nn1. The molecule has 104 valence electrons. The second kappa shape index (κ2) is 5.18. The van der Waals surface area contributed by atoms with E-state index >= 15 is 0 Å². The first-order valence-electron chi connectivity index (χ1n) is 6.22. The van der Waals surface area contributed by atoms with Gasteiger partial charge in [-0.15, -0.1) is 16.4 Å². The van der Waals surface area contributed by atoms with Gasteiger partial charge >= 0.3 is 0 Å². The molecule has 0 saturated carbocycles. The van der Waals surface area contributed by atoms with Gasteiger partial charge in [-0.3, -0.25) is 0 Å². The Labute approximate surface area is 119 Å². The highest BCUT2D eigenvalue weighted by Gasteiger charge is 2.14. The molecule has 3 heterocycles. The van der Waals surface area contributed by atoms with E-state index in [2.05, 4.69) is 15.3 Å². The quantitative estimate of drug-likeness (QED) is 0.798. The molecule has 0 aliphatic heterocycles. The molecule has 0 fully saturated rings. The number of hydrogen-bond donors (Lipinski definition) is 1. The molecule has 20 heavy (non-hydrogen) atoms. The molecule has 3 rings (SSSR count). The van der Waals surface area contributed by atoms with Gasteiger partial charge in [-0.25, -0.2) is 9.67 Å². The van der Waals surface area contributed by atoms with Crippen LogP contribution in [0.5, 0.6) is 0 Å². The Bertz CT molecular complexity index is 700. The number of aliphatic hydroxyl groups is 1. The molecule has 6 nitrogen and oxygen atoms in total. The lowest BCUT2D eigenvalue weighted by atomic mass is 10.3. The molecular weight excluding hydrogens is 276 g/mol. The van der Waals surface area contributed by atoms with E-state index in [1.54, 1.807) is 29.1 Å². The zero-order valence-electron chi connectivity index (χ0n) is 11.1. The van der Waals surface area contributed by atoms with Crippen molar-refractivity contribution in [1.82, 2.24) is 20.0 Å². The summed E-state index contributed by atoms with van der Waals surface area (Å²) < 4.78 is 7.32. The Morgan fingerprint density at radius 3 is 3.00 bits per heavy atom. The summed E-state index contributed by atoms with van der Waals surface area (Å²) in [7, 11) is 0. The van der Waals surface area contributed by atoms with E-state index in [4.69, 9.17) is 4.42 Å². The summed E-state index contributed by atoms with van der Waals surface area (Å²) in [6.07, 6.45) is 1.09. The number of rotatable bonds is 4. The molecule has 0 spiro atoms. The van der Waals surface area contributed by atoms with Crippen molar-refractivity contribution in [3.8, 4) is 10.8 Å². The average molecular weight is 290 g/mol. The molecule has 1 N–H and O–H groups in total. The van der Waals surface area contributed by atoms with Gasteiger partial charge in [-0.1, -0.05) is 11.3 Å². The van der Waals surface area contributed by atoms with Crippen LogP contribution < -0.4 is 0 Å². The number of thiophene rings is 1. The first-order valence-corrected chi connectivity index (χ1v) is 7.09. The van der Waals surface area contributed by atoms with Gasteiger partial charge in [0.2, 0.25) is 5.89 Å². The summed E-state index contributed by atoms with van der Waals surface area (Å²) in [5, 5.41) is 19.3. The first kappa shape index (κ1) is 13.0. The van der Waals surface area contributed by atoms with Gasteiger partial charge in [-0.05, 0) is 25.3 Å². The van der Waals surface area contributed by atoms with E-state index in [0.29, 0.717) is 18.1 Å². The van der Waals surface area contributed by atoms with Crippen LogP contribution in [0.25, 0.3) is 10.8 Å². The van der Waals surface area contributed by atoms with Crippen LogP contribution in [-0.2, 0) is 6.54 Å². The molecule has 1 atom stereocenters. The van der Waals surface area contributed by atoms with Crippen LogP contribution in [-0.4, -0.2) is 25.1 Å². The third-order valence-corrected chi connectivity index (χ3v) is 3.78. The van der Waals surface area contributed by atoms with Gasteiger partial charge in [0.05, 0.1) is 23.7 Å². The first-order chi connectivity index (χ1) is 9.63. The van der Waals surface area contributed by atoms with Crippen molar-refractivity contribution in [3.63, 3.8) is 0 Å². The maximum atomic E-state index is 9.44. The minimum atomic E-state index is -0.621. The lowest BCUT2D eigenvalue weighted by Gasteiger charge is -1.97. The predicted octanol–water partition coefficient (Wildman–Crippen LogP) is 2.40. The summed E-state index contributed by atoms with van der Waals surface area (Å²) in [6.45, 7) is 4.01. The zero-order chi connectivity index (χ0) is 14.1. The van der Waals surface area contributed by atoms with Gasteiger partial charge in [0.25, 0.3) is 0 Å². The Kier molecular flexibility index (Phi) is 3.37. The van der Waals surface area contributed by atoms with Gasteiger partial charge in [0.15, 0.2) is 0 Å². The Hall–Kier alpha value is -1.99. The maximum absolute atomic E-state index is 9.44. The smallest absolute Gasteiger partial charge is 0.236 e. The average Bonchev–Trinajstić information content (AvgIpc) is 3.11. The highest BCUT2D eigenvalue weighted by atomic mass is 32.1. The monoisotopic (exact) mass is 290 g/mol.